The van der Waals surface area contributed by atoms with Gasteiger partial charge in [-0.2, -0.15) is 0 Å². The first-order chi connectivity index (χ1) is 31.6. The zero-order valence-corrected chi connectivity index (χ0v) is 39.9. The third kappa shape index (κ3) is 9.87. The Kier molecular flexibility index (Phi) is 13.4. The highest BCUT2D eigenvalue weighted by Gasteiger charge is 2.32. The van der Waals surface area contributed by atoms with Crippen LogP contribution >= 0.6 is 22.7 Å². The van der Waals surface area contributed by atoms with Crippen LogP contribution in [0.5, 0.6) is 17.2 Å². The molecule has 0 bridgehead atoms. The second-order valence-corrected chi connectivity index (χ2v) is 21.1. The third-order valence-corrected chi connectivity index (χ3v) is 15.6. The molecule has 18 heteroatoms. The molecule has 5 aromatic carbocycles. The Labute approximate surface area is 393 Å². The minimum absolute atomic E-state index is 0.109. The molecule has 0 amide bonds. The van der Waals surface area contributed by atoms with Crippen molar-refractivity contribution in [2.24, 2.45) is 0 Å². The minimum atomic E-state index is -3.97. The monoisotopic (exact) mass is 964 g/mol. The standard InChI is InChI=1S/C28H29N3O5S2.C20H19N3O3S2/c1-28(2,32)23-6-4-5-7-24(23)30-15-16-36-26-18-22(12-13-25(26)30)38(33,34)31(27-29-14-17-37-27)19-20-8-10-21(35-3)11-9-20;1-14(2)16-5-3-4-6-17(16)23-10-11-26-19-13-15(7-8-18(19)23)28(24,25)22-20-21-9-12-27-20/h4-14,17-18,32H,15-16,19H2,1-3H3;3-9,12-13H,1,10-11H2,2H3,(H,21,22). The first kappa shape index (κ1) is 46.1. The second kappa shape index (κ2) is 19.2. The van der Waals surface area contributed by atoms with Gasteiger partial charge in [-0.1, -0.05) is 55.1 Å². The number of aliphatic hydroxyl groups is 1. The van der Waals surface area contributed by atoms with Gasteiger partial charge in [-0.3, -0.25) is 4.72 Å². The van der Waals surface area contributed by atoms with Gasteiger partial charge in [-0.15, -0.1) is 22.7 Å². The Morgan fingerprint density at radius 2 is 1.38 bits per heavy atom. The number of fused-ring (bicyclic) bond motifs is 2. The van der Waals surface area contributed by atoms with Gasteiger partial charge in [0.05, 0.1) is 53.5 Å². The molecule has 0 saturated heterocycles. The number of anilines is 6. The van der Waals surface area contributed by atoms with E-state index in [1.807, 2.05) is 67.6 Å². The van der Waals surface area contributed by atoms with Crippen molar-refractivity contribution in [3.8, 4) is 17.2 Å². The van der Waals surface area contributed by atoms with E-state index in [2.05, 4.69) is 31.1 Å². The number of allylic oxidation sites excluding steroid dienone is 1. The van der Waals surface area contributed by atoms with E-state index in [0.717, 1.165) is 45.0 Å². The summed E-state index contributed by atoms with van der Waals surface area (Å²) in [6.07, 6.45) is 3.14. The smallest absolute Gasteiger partial charge is 0.266 e. The molecule has 0 atom stereocenters. The molecule has 0 spiro atoms. The van der Waals surface area contributed by atoms with Crippen molar-refractivity contribution >= 4 is 81.3 Å². The van der Waals surface area contributed by atoms with Crippen LogP contribution in [-0.4, -0.2) is 65.3 Å². The number of hydrogen-bond acceptors (Lipinski definition) is 14. The number of sulfonamides is 2. The maximum atomic E-state index is 13.9. The number of aromatic nitrogens is 2. The van der Waals surface area contributed by atoms with Crippen LogP contribution < -0.4 is 33.0 Å². The molecule has 0 aliphatic carbocycles. The lowest BCUT2D eigenvalue weighted by Gasteiger charge is -2.35. The molecule has 2 N–H and O–H groups in total. The number of nitrogens with one attached hydrogen (secondary N) is 1. The Hall–Kier alpha value is -6.44. The fourth-order valence-electron chi connectivity index (χ4n) is 7.59. The first-order valence-electron chi connectivity index (χ1n) is 20.8. The predicted molar refractivity (Wildman–Crippen MR) is 262 cm³/mol. The van der Waals surface area contributed by atoms with Crippen molar-refractivity contribution in [1.82, 2.24) is 9.97 Å². The lowest BCUT2D eigenvalue weighted by molar-refractivity contribution is 0.0790. The average Bonchev–Trinajstić information content (AvgIpc) is 4.05. The highest BCUT2D eigenvalue weighted by Crippen LogP contribution is 2.43. The van der Waals surface area contributed by atoms with Gasteiger partial charge < -0.3 is 29.1 Å². The quantitative estimate of drug-likeness (QED) is 0.113. The molecule has 0 fully saturated rings. The van der Waals surface area contributed by atoms with Crippen molar-refractivity contribution in [3.05, 3.63) is 156 Å². The number of ether oxygens (including phenoxy) is 3. The van der Waals surface area contributed by atoms with E-state index >= 15 is 0 Å². The van der Waals surface area contributed by atoms with Crippen molar-refractivity contribution in [2.45, 2.75) is 42.7 Å². The van der Waals surface area contributed by atoms with Crippen molar-refractivity contribution < 1.29 is 36.2 Å². The highest BCUT2D eigenvalue weighted by atomic mass is 32.2. The number of benzene rings is 5. The van der Waals surface area contributed by atoms with Gasteiger partial charge >= 0.3 is 0 Å². The Bertz CT molecular complexity index is 3050. The summed E-state index contributed by atoms with van der Waals surface area (Å²) in [5, 5.41) is 14.9. The van der Waals surface area contributed by atoms with Crippen molar-refractivity contribution in [3.63, 3.8) is 0 Å². The minimum Gasteiger partial charge on any atom is -0.497 e. The summed E-state index contributed by atoms with van der Waals surface area (Å²) in [7, 11) is -6.12. The lowest BCUT2D eigenvalue weighted by Crippen LogP contribution is -2.32. The number of methoxy groups -OCH3 is 1. The van der Waals surface area contributed by atoms with Crippen LogP contribution in [0, 0.1) is 0 Å². The number of para-hydroxylation sites is 2. The predicted octanol–water partition coefficient (Wildman–Crippen LogP) is 9.81. The molecule has 342 valence electrons. The van der Waals surface area contributed by atoms with Crippen LogP contribution in [0.25, 0.3) is 5.57 Å². The summed E-state index contributed by atoms with van der Waals surface area (Å²) < 4.78 is 73.9. The molecule has 2 aliphatic heterocycles. The largest absolute Gasteiger partial charge is 0.497 e. The molecule has 14 nitrogen and oxygen atoms in total. The summed E-state index contributed by atoms with van der Waals surface area (Å²) in [5.41, 5.74) is 5.99. The summed E-state index contributed by atoms with van der Waals surface area (Å²) in [5.74, 6) is 1.69. The summed E-state index contributed by atoms with van der Waals surface area (Å²) in [4.78, 5) is 12.7. The topological polar surface area (TPSA) is 164 Å². The van der Waals surface area contributed by atoms with Gasteiger partial charge in [0.15, 0.2) is 10.3 Å². The summed E-state index contributed by atoms with van der Waals surface area (Å²) >= 11 is 2.48. The van der Waals surface area contributed by atoms with Crippen LogP contribution in [0.2, 0.25) is 0 Å². The number of thiazole rings is 2. The van der Waals surface area contributed by atoms with E-state index in [-0.39, 0.29) is 16.3 Å². The van der Waals surface area contributed by atoms with Gasteiger partial charge in [0.2, 0.25) is 0 Å². The van der Waals surface area contributed by atoms with E-state index < -0.39 is 25.6 Å². The maximum Gasteiger partial charge on any atom is 0.266 e. The molecule has 0 saturated carbocycles. The maximum absolute atomic E-state index is 13.9. The molecule has 0 radical (unpaired) electrons. The first-order valence-corrected chi connectivity index (χ1v) is 25.5. The Balaban J connectivity index is 0.000000188. The normalized spacial score (nSPS) is 13.5. The van der Waals surface area contributed by atoms with E-state index in [9.17, 15) is 21.9 Å². The van der Waals surface area contributed by atoms with Crippen LogP contribution in [-0.2, 0) is 32.2 Å². The van der Waals surface area contributed by atoms with E-state index in [0.29, 0.717) is 53.8 Å². The van der Waals surface area contributed by atoms with E-state index in [4.69, 9.17) is 14.2 Å². The van der Waals surface area contributed by atoms with Crippen molar-refractivity contribution in [1.29, 1.82) is 0 Å². The number of nitrogens with zero attached hydrogens (tertiary/aromatic N) is 5. The number of rotatable bonds is 13. The van der Waals surface area contributed by atoms with Gasteiger partial charge in [-0.05, 0) is 80.4 Å². The molecule has 0 unspecified atom stereocenters. The number of hydrogen-bond donors (Lipinski definition) is 2. The Morgan fingerprint density at radius 1 is 0.788 bits per heavy atom. The molecule has 2 aromatic heterocycles. The fraction of sp³-hybridized carbons (Fsp3) is 0.208. The van der Waals surface area contributed by atoms with Gasteiger partial charge in [-0.25, -0.2) is 31.1 Å². The SMILES string of the molecule is C=C(C)c1ccccc1N1CCOc2cc(S(=O)(=O)Nc3nccs3)ccc21.COc1ccc(CN(c2nccs2)S(=O)(=O)c2ccc3c(c2)OCCN3c2ccccc2C(C)(C)O)cc1. The summed E-state index contributed by atoms with van der Waals surface area (Å²) in [6, 6.07) is 32.8. The average molecular weight is 965 g/mol. The van der Waals surface area contributed by atoms with Crippen LogP contribution in [0.15, 0.2) is 149 Å². The molecule has 7 aromatic rings. The highest BCUT2D eigenvalue weighted by molar-refractivity contribution is 7.93. The van der Waals surface area contributed by atoms with E-state index in [1.165, 1.54) is 27.0 Å². The molecular formula is C48H48N6O8S4. The van der Waals surface area contributed by atoms with Crippen LogP contribution in [0.3, 0.4) is 0 Å². The van der Waals surface area contributed by atoms with Crippen LogP contribution in [0.1, 0.15) is 37.5 Å². The molecule has 66 heavy (non-hydrogen) atoms. The zero-order valence-electron chi connectivity index (χ0n) is 36.6. The molecule has 2 aliphatic rings. The molecular weight excluding hydrogens is 917 g/mol. The molecule has 4 heterocycles. The lowest BCUT2D eigenvalue weighted by atomic mass is 9.95. The second-order valence-electron chi connectivity index (χ2n) is 15.8. The van der Waals surface area contributed by atoms with E-state index in [1.54, 1.807) is 92.6 Å². The van der Waals surface area contributed by atoms with Crippen LogP contribution in [0.4, 0.5) is 33.0 Å². The zero-order chi connectivity index (χ0) is 46.6. The van der Waals surface area contributed by atoms with Gasteiger partial charge in [0.1, 0.15) is 30.5 Å². The summed E-state index contributed by atoms with van der Waals surface area (Å²) in [6.45, 7) is 11.7. The van der Waals surface area contributed by atoms with Gasteiger partial charge in [0, 0.05) is 57.8 Å². The fourth-order valence-corrected chi connectivity index (χ4v) is 11.7. The van der Waals surface area contributed by atoms with Crippen molar-refractivity contribution in [2.75, 3.05) is 52.2 Å². The third-order valence-electron chi connectivity index (χ3n) is 10.8. The van der Waals surface area contributed by atoms with Gasteiger partial charge in [0.25, 0.3) is 20.0 Å². The molecule has 9 rings (SSSR count). The Morgan fingerprint density at radius 3 is 1.98 bits per heavy atom.